The van der Waals surface area contributed by atoms with Gasteiger partial charge in [0.25, 0.3) is 5.56 Å². The second-order valence-electron chi connectivity index (χ2n) is 3.67. The summed E-state index contributed by atoms with van der Waals surface area (Å²) in [7, 11) is 0. The number of benzene rings is 1. The fraction of sp³-hybridized carbons (Fsp3) is 0.0833. The molecule has 0 bridgehead atoms. The monoisotopic (exact) mass is 215 g/mol. The summed E-state index contributed by atoms with van der Waals surface area (Å²) in [5, 5.41) is 0. The van der Waals surface area contributed by atoms with Crippen molar-refractivity contribution in [3.05, 3.63) is 52.4 Å². The molecule has 0 aliphatic heterocycles. The van der Waals surface area contributed by atoms with Crippen LogP contribution in [0.1, 0.15) is 5.56 Å². The van der Waals surface area contributed by atoms with Crippen molar-refractivity contribution in [1.29, 1.82) is 0 Å². The van der Waals surface area contributed by atoms with Crippen molar-refractivity contribution >= 4 is 11.4 Å². The molecule has 0 aliphatic carbocycles. The van der Waals surface area contributed by atoms with Gasteiger partial charge in [0.2, 0.25) is 0 Å². The molecule has 0 spiro atoms. The normalized spacial score (nSPS) is 10.3. The number of hydrogen-bond donors (Lipinski definition) is 2. The van der Waals surface area contributed by atoms with Crippen LogP contribution in [0.3, 0.4) is 0 Å². The summed E-state index contributed by atoms with van der Waals surface area (Å²) in [6.45, 7) is 1.86. The summed E-state index contributed by atoms with van der Waals surface area (Å²) in [5.41, 5.74) is 14.1. The van der Waals surface area contributed by atoms with E-state index in [0.29, 0.717) is 11.4 Å². The van der Waals surface area contributed by atoms with Crippen LogP contribution in [0.15, 0.2) is 41.3 Å². The van der Waals surface area contributed by atoms with Crippen molar-refractivity contribution < 1.29 is 0 Å². The van der Waals surface area contributed by atoms with Crippen LogP contribution >= 0.6 is 0 Å². The highest BCUT2D eigenvalue weighted by Crippen LogP contribution is 2.22. The number of nitrogen functional groups attached to an aromatic ring is 2. The number of anilines is 2. The first kappa shape index (κ1) is 10.3. The zero-order chi connectivity index (χ0) is 11.7. The van der Waals surface area contributed by atoms with Crippen LogP contribution < -0.4 is 17.0 Å². The summed E-state index contributed by atoms with van der Waals surface area (Å²) in [5.74, 6) is 0. The van der Waals surface area contributed by atoms with E-state index in [1.54, 1.807) is 24.4 Å². The second-order valence-corrected chi connectivity index (χ2v) is 3.67. The molecule has 2 aromatic rings. The molecule has 1 aromatic heterocycles. The highest BCUT2D eigenvalue weighted by molar-refractivity contribution is 5.70. The standard InChI is InChI=1S/C12H13N3O/c1-8-6-9(7-10(13)12(8)14)15-5-3-2-4-11(15)16/h2-7H,13-14H2,1H3. The number of aromatic nitrogens is 1. The summed E-state index contributed by atoms with van der Waals surface area (Å²) in [6, 6.07) is 8.54. The molecule has 1 heterocycles. The molecule has 4 heteroatoms. The van der Waals surface area contributed by atoms with Gasteiger partial charge >= 0.3 is 0 Å². The molecular formula is C12H13N3O. The molecular weight excluding hydrogens is 202 g/mol. The van der Waals surface area contributed by atoms with Gasteiger partial charge in [0.1, 0.15) is 0 Å². The van der Waals surface area contributed by atoms with Crippen LogP contribution in [0.4, 0.5) is 11.4 Å². The average molecular weight is 215 g/mol. The van der Waals surface area contributed by atoms with Gasteiger partial charge in [-0.05, 0) is 30.7 Å². The largest absolute Gasteiger partial charge is 0.397 e. The van der Waals surface area contributed by atoms with Crippen LogP contribution in [0.25, 0.3) is 5.69 Å². The van der Waals surface area contributed by atoms with E-state index in [0.717, 1.165) is 11.3 Å². The number of aryl methyl sites for hydroxylation is 1. The lowest BCUT2D eigenvalue weighted by Gasteiger charge is -2.10. The van der Waals surface area contributed by atoms with Gasteiger partial charge in [-0.25, -0.2) is 0 Å². The first-order chi connectivity index (χ1) is 7.59. The van der Waals surface area contributed by atoms with Gasteiger partial charge in [0.05, 0.1) is 17.1 Å². The first-order valence-electron chi connectivity index (χ1n) is 4.93. The lowest BCUT2D eigenvalue weighted by molar-refractivity contribution is 0.989. The van der Waals surface area contributed by atoms with E-state index in [4.69, 9.17) is 11.5 Å². The number of rotatable bonds is 1. The van der Waals surface area contributed by atoms with Gasteiger partial charge in [-0.2, -0.15) is 0 Å². The van der Waals surface area contributed by atoms with E-state index in [1.165, 1.54) is 10.6 Å². The van der Waals surface area contributed by atoms with Gasteiger partial charge in [0.15, 0.2) is 0 Å². The number of nitrogens with two attached hydrogens (primary N) is 2. The van der Waals surface area contributed by atoms with Crippen molar-refractivity contribution in [2.45, 2.75) is 6.92 Å². The van der Waals surface area contributed by atoms with Gasteiger partial charge in [-0.15, -0.1) is 0 Å². The van der Waals surface area contributed by atoms with Crippen molar-refractivity contribution in [3.63, 3.8) is 0 Å². The minimum atomic E-state index is -0.0916. The molecule has 0 fully saturated rings. The third kappa shape index (κ3) is 1.65. The zero-order valence-electron chi connectivity index (χ0n) is 8.97. The van der Waals surface area contributed by atoms with Crippen molar-refractivity contribution in [2.24, 2.45) is 0 Å². The molecule has 4 nitrogen and oxygen atoms in total. The lowest BCUT2D eigenvalue weighted by Crippen LogP contribution is -2.16. The Bertz CT molecular complexity index is 564. The van der Waals surface area contributed by atoms with Crippen LogP contribution in [-0.4, -0.2) is 4.57 Å². The molecule has 0 unspecified atom stereocenters. The maximum atomic E-state index is 11.6. The number of hydrogen-bond acceptors (Lipinski definition) is 3. The van der Waals surface area contributed by atoms with Crippen LogP contribution in [-0.2, 0) is 0 Å². The van der Waals surface area contributed by atoms with Crippen molar-refractivity contribution in [3.8, 4) is 5.69 Å². The smallest absolute Gasteiger partial charge is 0.255 e. The summed E-state index contributed by atoms with van der Waals surface area (Å²) in [4.78, 5) is 11.6. The Morgan fingerprint density at radius 1 is 1.19 bits per heavy atom. The van der Waals surface area contributed by atoms with E-state index in [-0.39, 0.29) is 5.56 Å². The molecule has 0 aliphatic rings. The summed E-state index contributed by atoms with van der Waals surface area (Å²) < 4.78 is 1.53. The van der Waals surface area contributed by atoms with Gasteiger partial charge in [0, 0.05) is 12.3 Å². The SMILES string of the molecule is Cc1cc(-n2ccccc2=O)cc(N)c1N. The molecule has 16 heavy (non-hydrogen) atoms. The lowest BCUT2D eigenvalue weighted by atomic mass is 10.1. The Morgan fingerprint density at radius 3 is 2.56 bits per heavy atom. The Morgan fingerprint density at radius 2 is 1.94 bits per heavy atom. The van der Waals surface area contributed by atoms with Gasteiger partial charge in [-0.1, -0.05) is 6.07 Å². The highest BCUT2D eigenvalue weighted by Gasteiger charge is 2.04. The summed E-state index contributed by atoms with van der Waals surface area (Å²) in [6.07, 6.45) is 1.70. The molecule has 0 saturated carbocycles. The van der Waals surface area contributed by atoms with E-state index in [2.05, 4.69) is 0 Å². The van der Waals surface area contributed by atoms with Crippen molar-refractivity contribution in [1.82, 2.24) is 4.57 Å². The molecule has 4 N–H and O–H groups in total. The molecule has 82 valence electrons. The quantitative estimate of drug-likeness (QED) is 0.704. The van der Waals surface area contributed by atoms with Gasteiger partial charge < -0.3 is 11.5 Å². The average Bonchev–Trinajstić information content (AvgIpc) is 2.26. The molecule has 0 atom stereocenters. The van der Waals surface area contributed by atoms with Crippen LogP contribution in [0, 0.1) is 6.92 Å². The minimum absolute atomic E-state index is 0.0916. The maximum absolute atomic E-state index is 11.6. The first-order valence-corrected chi connectivity index (χ1v) is 4.93. The van der Waals surface area contributed by atoms with Gasteiger partial charge in [-0.3, -0.25) is 9.36 Å². The second kappa shape index (κ2) is 3.73. The predicted octanol–water partition coefficient (Wildman–Crippen LogP) is 1.31. The van der Waals surface area contributed by atoms with Crippen molar-refractivity contribution in [2.75, 3.05) is 11.5 Å². The molecule has 0 radical (unpaired) electrons. The molecule has 2 rings (SSSR count). The fourth-order valence-corrected chi connectivity index (χ4v) is 1.59. The maximum Gasteiger partial charge on any atom is 0.255 e. The third-order valence-corrected chi connectivity index (χ3v) is 2.50. The summed E-state index contributed by atoms with van der Waals surface area (Å²) >= 11 is 0. The topological polar surface area (TPSA) is 74.0 Å². The Hall–Kier alpha value is -2.23. The Labute approximate surface area is 93.1 Å². The number of pyridine rings is 1. The van der Waals surface area contributed by atoms with E-state index < -0.39 is 0 Å². The van der Waals surface area contributed by atoms with E-state index >= 15 is 0 Å². The molecule has 1 aromatic carbocycles. The van der Waals surface area contributed by atoms with Crippen LogP contribution in [0.2, 0.25) is 0 Å². The van der Waals surface area contributed by atoms with Crippen LogP contribution in [0.5, 0.6) is 0 Å². The van der Waals surface area contributed by atoms with E-state index in [1.807, 2.05) is 13.0 Å². The Kier molecular flexibility index (Phi) is 2.40. The Balaban J connectivity index is 2.67. The minimum Gasteiger partial charge on any atom is -0.397 e. The zero-order valence-corrected chi connectivity index (χ0v) is 8.97. The highest BCUT2D eigenvalue weighted by atomic mass is 16.1. The van der Waals surface area contributed by atoms with E-state index in [9.17, 15) is 4.79 Å². The molecule has 0 amide bonds. The fourth-order valence-electron chi connectivity index (χ4n) is 1.59. The number of nitrogens with zero attached hydrogens (tertiary/aromatic N) is 1. The predicted molar refractivity (Wildman–Crippen MR) is 65.6 cm³/mol. The third-order valence-electron chi connectivity index (χ3n) is 2.50. The molecule has 0 saturated heterocycles.